The van der Waals surface area contributed by atoms with Crippen molar-refractivity contribution in [1.29, 1.82) is 0 Å². The number of amides is 2. The van der Waals surface area contributed by atoms with Gasteiger partial charge in [-0.15, -0.1) is 0 Å². The molecule has 0 spiro atoms. The van der Waals surface area contributed by atoms with Gasteiger partial charge in [-0.1, -0.05) is 26.7 Å². The van der Waals surface area contributed by atoms with Crippen LogP contribution >= 0.6 is 0 Å². The Labute approximate surface area is 187 Å². The first-order valence-corrected chi connectivity index (χ1v) is 11.8. The summed E-state index contributed by atoms with van der Waals surface area (Å²) in [6.07, 6.45) is 4.67. The van der Waals surface area contributed by atoms with Gasteiger partial charge in [0.15, 0.2) is 0 Å². The molecule has 0 aliphatic heterocycles. The van der Waals surface area contributed by atoms with Crippen molar-refractivity contribution in [1.82, 2.24) is 14.6 Å². The number of sulfonamides is 1. The highest BCUT2D eigenvalue weighted by atomic mass is 32.2. The van der Waals surface area contributed by atoms with E-state index in [-0.39, 0.29) is 22.1 Å². The summed E-state index contributed by atoms with van der Waals surface area (Å²) in [5.74, 6) is -2.37. The lowest BCUT2D eigenvalue weighted by Gasteiger charge is -2.22. The van der Waals surface area contributed by atoms with Crippen LogP contribution in [0.15, 0.2) is 47.5 Å². The number of unbranched alkanes of at least 4 members (excludes halogenated alkanes) is 2. The summed E-state index contributed by atoms with van der Waals surface area (Å²) in [6, 6.07) is 7.67. The normalized spacial score (nSPS) is 11.1. The average Bonchev–Trinajstić information content (AvgIpc) is 2.78. The van der Waals surface area contributed by atoms with Gasteiger partial charge in [0.05, 0.1) is 10.5 Å². The van der Waals surface area contributed by atoms with Crippen LogP contribution in [-0.4, -0.2) is 54.3 Å². The van der Waals surface area contributed by atoms with Crippen molar-refractivity contribution in [2.24, 2.45) is 0 Å². The Morgan fingerprint density at radius 2 is 1.50 bits per heavy atom. The fourth-order valence-corrected chi connectivity index (χ4v) is 3.84. The SMILES string of the molecule is CCCCN(CCCC)C(=O)c1ccc(S(=O)(=O)NC(=O)c2ccc(C(=O)O)nc2)cc1. The predicted molar refractivity (Wildman–Crippen MR) is 118 cm³/mol. The van der Waals surface area contributed by atoms with E-state index < -0.39 is 21.9 Å². The standard InChI is InChI=1S/C22H27N3O6S/c1-3-5-13-25(14-6-4-2)21(27)16-7-10-18(11-8-16)32(30,31)24-20(26)17-9-12-19(22(28)29)23-15-17/h7-12,15H,3-6,13-14H2,1-2H3,(H,24,26)(H,28,29). The highest BCUT2D eigenvalue weighted by Crippen LogP contribution is 2.14. The Kier molecular flexibility index (Phi) is 8.89. The molecule has 9 nitrogen and oxygen atoms in total. The third-order valence-corrected chi connectivity index (χ3v) is 6.08. The summed E-state index contributed by atoms with van der Waals surface area (Å²) >= 11 is 0. The van der Waals surface area contributed by atoms with Crippen molar-refractivity contribution in [2.75, 3.05) is 13.1 Å². The van der Waals surface area contributed by atoms with Crippen LogP contribution in [-0.2, 0) is 10.0 Å². The van der Waals surface area contributed by atoms with Gasteiger partial charge >= 0.3 is 5.97 Å². The van der Waals surface area contributed by atoms with Gasteiger partial charge in [0.1, 0.15) is 5.69 Å². The topological polar surface area (TPSA) is 134 Å². The first kappa shape index (κ1) is 25.0. The van der Waals surface area contributed by atoms with E-state index >= 15 is 0 Å². The van der Waals surface area contributed by atoms with Crippen molar-refractivity contribution < 1.29 is 27.9 Å². The number of carboxylic acids is 1. The number of nitrogens with one attached hydrogen (secondary N) is 1. The number of carbonyl (C=O) groups is 3. The summed E-state index contributed by atoms with van der Waals surface area (Å²) < 4.78 is 27.0. The fourth-order valence-electron chi connectivity index (χ4n) is 2.87. The molecule has 0 unspecified atom stereocenters. The number of benzene rings is 1. The minimum atomic E-state index is -4.19. The largest absolute Gasteiger partial charge is 0.477 e. The molecule has 0 saturated carbocycles. The first-order valence-electron chi connectivity index (χ1n) is 10.4. The number of carbonyl (C=O) groups excluding carboxylic acids is 2. The molecule has 10 heteroatoms. The van der Waals surface area contributed by atoms with E-state index in [1.165, 1.54) is 30.3 Å². The number of nitrogens with zero attached hydrogens (tertiary/aromatic N) is 2. The predicted octanol–water partition coefficient (Wildman–Crippen LogP) is 2.94. The van der Waals surface area contributed by atoms with Crippen molar-refractivity contribution in [3.63, 3.8) is 0 Å². The first-order chi connectivity index (χ1) is 15.2. The van der Waals surface area contributed by atoms with Crippen LogP contribution in [0.1, 0.15) is 70.7 Å². The van der Waals surface area contributed by atoms with E-state index in [1.807, 2.05) is 18.6 Å². The van der Waals surface area contributed by atoms with E-state index in [1.54, 1.807) is 4.90 Å². The van der Waals surface area contributed by atoms with Gasteiger partial charge in [-0.2, -0.15) is 0 Å². The minimum absolute atomic E-state index is 0.104. The van der Waals surface area contributed by atoms with Crippen LogP contribution in [0.5, 0.6) is 0 Å². The van der Waals surface area contributed by atoms with E-state index in [9.17, 15) is 22.8 Å². The zero-order valence-corrected chi connectivity index (χ0v) is 18.9. The maximum atomic E-state index is 12.8. The molecule has 2 N–H and O–H groups in total. The van der Waals surface area contributed by atoms with Gasteiger partial charge in [0.25, 0.3) is 21.8 Å². The highest BCUT2D eigenvalue weighted by molar-refractivity contribution is 7.90. The molecule has 0 fully saturated rings. The van der Waals surface area contributed by atoms with Crippen molar-refractivity contribution >= 4 is 27.8 Å². The van der Waals surface area contributed by atoms with Gasteiger partial charge in [0.2, 0.25) is 0 Å². The Balaban J connectivity index is 2.13. The van der Waals surface area contributed by atoms with Crippen LogP contribution in [0.3, 0.4) is 0 Å². The van der Waals surface area contributed by atoms with Gasteiger partial charge in [-0.3, -0.25) is 9.59 Å². The highest BCUT2D eigenvalue weighted by Gasteiger charge is 2.21. The minimum Gasteiger partial charge on any atom is -0.477 e. The number of hydrogen-bond donors (Lipinski definition) is 2. The zero-order chi connectivity index (χ0) is 23.7. The van der Waals surface area contributed by atoms with Crippen molar-refractivity contribution in [2.45, 2.75) is 44.4 Å². The van der Waals surface area contributed by atoms with Crippen LogP contribution in [0.25, 0.3) is 0 Å². The number of pyridine rings is 1. The molecule has 0 radical (unpaired) electrons. The van der Waals surface area contributed by atoms with Crippen LogP contribution in [0.4, 0.5) is 0 Å². The quantitative estimate of drug-likeness (QED) is 0.525. The molecule has 0 atom stereocenters. The molecule has 0 aliphatic rings. The Hall–Kier alpha value is -3.27. The molecular formula is C22H27N3O6S. The fraction of sp³-hybridized carbons (Fsp3) is 0.364. The number of aromatic carboxylic acids is 1. The Morgan fingerprint density at radius 3 is 1.97 bits per heavy atom. The van der Waals surface area contributed by atoms with Crippen LogP contribution in [0, 0.1) is 0 Å². The molecule has 2 amide bonds. The van der Waals surface area contributed by atoms with Crippen LogP contribution < -0.4 is 4.72 Å². The van der Waals surface area contributed by atoms with E-state index in [4.69, 9.17) is 5.11 Å². The maximum absolute atomic E-state index is 12.8. The molecule has 1 heterocycles. The Morgan fingerprint density at radius 1 is 0.938 bits per heavy atom. The van der Waals surface area contributed by atoms with E-state index in [2.05, 4.69) is 4.98 Å². The van der Waals surface area contributed by atoms with Gasteiger partial charge in [-0.25, -0.2) is 22.9 Å². The second-order valence-corrected chi connectivity index (χ2v) is 8.88. The maximum Gasteiger partial charge on any atom is 0.354 e. The third-order valence-electron chi connectivity index (χ3n) is 4.73. The summed E-state index contributed by atoms with van der Waals surface area (Å²) in [5.41, 5.74) is 0.000357. The molecular weight excluding hydrogens is 434 g/mol. The zero-order valence-electron chi connectivity index (χ0n) is 18.1. The molecule has 2 rings (SSSR count). The molecule has 1 aromatic carbocycles. The van der Waals surface area contributed by atoms with E-state index in [0.717, 1.165) is 37.9 Å². The number of rotatable bonds is 11. The lowest BCUT2D eigenvalue weighted by Crippen LogP contribution is -2.33. The second-order valence-electron chi connectivity index (χ2n) is 7.20. The molecule has 172 valence electrons. The van der Waals surface area contributed by atoms with Gasteiger partial charge < -0.3 is 10.0 Å². The van der Waals surface area contributed by atoms with Crippen molar-refractivity contribution in [3.05, 3.63) is 59.4 Å². The monoisotopic (exact) mass is 461 g/mol. The van der Waals surface area contributed by atoms with Crippen LogP contribution in [0.2, 0.25) is 0 Å². The Bertz CT molecular complexity index is 1040. The van der Waals surface area contributed by atoms with E-state index in [0.29, 0.717) is 18.7 Å². The smallest absolute Gasteiger partial charge is 0.354 e. The molecule has 0 bridgehead atoms. The summed E-state index contributed by atoms with van der Waals surface area (Å²) in [7, 11) is -4.19. The molecule has 2 aromatic rings. The lowest BCUT2D eigenvalue weighted by molar-refractivity contribution is 0.0688. The summed E-state index contributed by atoms with van der Waals surface area (Å²) in [6.45, 7) is 5.38. The van der Waals surface area contributed by atoms with Gasteiger partial charge in [0, 0.05) is 24.8 Å². The molecule has 0 aliphatic carbocycles. The second kappa shape index (κ2) is 11.4. The molecule has 1 aromatic heterocycles. The molecule has 32 heavy (non-hydrogen) atoms. The third kappa shape index (κ3) is 6.61. The van der Waals surface area contributed by atoms with Gasteiger partial charge in [-0.05, 0) is 49.2 Å². The lowest BCUT2D eigenvalue weighted by atomic mass is 10.1. The number of carboxylic acid groups (broad SMARTS) is 1. The van der Waals surface area contributed by atoms with Crippen molar-refractivity contribution in [3.8, 4) is 0 Å². The molecule has 0 saturated heterocycles. The number of hydrogen-bond acceptors (Lipinski definition) is 6. The average molecular weight is 462 g/mol. The number of aromatic nitrogens is 1. The summed E-state index contributed by atoms with van der Waals surface area (Å²) in [5, 5.41) is 8.84. The summed E-state index contributed by atoms with van der Waals surface area (Å²) in [4.78, 5) is 41.1.